The quantitative estimate of drug-likeness (QED) is 0.289. The molecular weight excluding hydrogens is 572 g/mol. The molecule has 12 heteroatoms. The van der Waals surface area contributed by atoms with Gasteiger partial charge in [0.15, 0.2) is 0 Å². The van der Waals surface area contributed by atoms with Crippen molar-refractivity contribution in [3.05, 3.63) is 45.8 Å². The first kappa shape index (κ1) is 29.4. The van der Waals surface area contributed by atoms with Gasteiger partial charge in [-0.3, -0.25) is 9.69 Å². The zero-order chi connectivity index (χ0) is 27.7. The fourth-order valence-corrected chi connectivity index (χ4v) is 5.14. The minimum atomic E-state index is -4.80. The van der Waals surface area contributed by atoms with Crippen molar-refractivity contribution in [2.45, 2.75) is 57.8 Å². The summed E-state index contributed by atoms with van der Waals surface area (Å²) < 4.78 is 61.8. The molecule has 1 aliphatic heterocycles. The molecule has 2 aromatic rings. The van der Waals surface area contributed by atoms with Crippen LogP contribution in [0, 0.1) is 5.82 Å². The second-order valence-corrected chi connectivity index (χ2v) is 17.2. The lowest BCUT2D eigenvalue weighted by atomic mass is 10.1. The molecule has 3 rings (SSSR count). The first-order valence-corrected chi connectivity index (χ1v) is 16.5. The number of alkyl halides is 3. The molecule has 1 aromatic carbocycles. The number of halogens is 5. The van der Waals surface area contributed by atoms with Gasteiger partial charge in [0.2, 0.25) is 5.88 Å². The predicted molar refractivity (Wildman–Crippen MR) is 144 cm³/mol. The molecule has 1 N–H and O–H groups in total. The van der Waals surface area contributed by atoms with E-state index in [1.807, 2.05) is 25.8 Å². The first-order valence-electron chi connectivity index (χ1n) is 12.0. The number of hydrogen-bond donors (Lipinski definition) is 1. The van der Waals surface area contributed by atoms with Gasteiger partial charge < -0.3 is 15.0 Å². The van der Waals surface area contributed by atoms with Crippen LogP contribution in [0.5, 0.6) is 5.88 Å². The van der Waals surface area contributed by atoms with Crippen molar-refractivity contribution in [1.29, 1.82) is 0 Å². The van der Waals surface area contributed by atoms with E-state index in [0.717, 1.165) is 18.3 Å². The van der Waals surface area contributed by atoms with E-state index in [2.05, 4.69) is 50.8 Å². The third kappa shape index (κ3) is 7.44. The second-order valence-electron chi connectivity index (χ2n) is 10.7. The topological polar surface area (TPSA) is 57.7 Å². The van der Waals surface area contributed by atoms with Crippen LogP contribution in [-0.4, -0.2) is 62.7 Å². The summed E-state index contributed by atoms with van der Waals surface area (Å²) >= 11 is 3.12. The third-order valence-corrected chi connectivity index (χ3v) is 8.83. The van der Waals surface area contributed by atoms with Gasteiger partial charge >= 0.3 is 6.18 Å². The Kier molecular flexibility index (Phi) is 8.96. The van der Waals surface area contributed by atoms with Crippen molar-refractivity contribution in [3.63, 3.8) is 0 Å². The monoisotopic (exact) mass is 604 g/mol. The number of anilines is 2. The molecule has 0 saturated carbocycles. The number of ether oxygens (including phenoxy) is 1. The van der Waals surface area contributed by atoms with Crippen molar-refractivity contribution in [2.24, 2.45) is 0 Å². The van der Waals surface area contributed by atoms with E-state index in [1.54, 1.807) is 0 Å². The van der Waals surface area contributed by atoms with Crippen LogP contribution in [0.15, 0.2) is 28.9 Å². The molecule has 0 bridgehead atoms. The van der Waals surface area contributed by atoms with Gasteiger partial charge in [0.1, 0.15) is 5.82 Å². The summed E-state index contributed by atoms with van der Waals surface area (Å²) in [6.45, 7) is 11.8. The first-order chi connectivity index (χ1) is 17.1. The number of hydrogen-bond acceptors (Lipinski definition) is 5. The van der Waals surface area contributed by atoms with E-state index < -0.39 is 37.1 Å². The van der Waals surface area contributed by atoms with Crippen LogP contribution in [0.25, 0.3) is 0 Å². The van der Waals surface area contributed by atoms with E-state index >= 15 is 0 Å². The zero-order valence-electron chi connectivity index (χ0n) is 21.8. The summed E-state index contributed by atoms with van der Waals surface area (Å²) in [7, 11) is 0.551. The van der Waals surface area contributed by atoms with Crippen LogP contribution in [0.4, 0.5) is 28.9 Å². The van der Waals surface area contributed by atoms with E-state index in [-0.39, 0.29) is 34.7 Å². The average molecular weight is 606 g/mol. The lowest BCUT2D eigenvalue weighted by Crippen LogP contribution is -2.55. The molecule has 204 valence electrons. The summed E-state index contributed by atoms with van der Waals surface area (Å²) in [5.74, 6) is -1.72. The van der Waals surface area contributed by atoms with E-state index in [0.29, 0.717) is 18.8 Å². The third-order valence-electron chi connectivity index (χ3n) is 6.52. The number of rotatable bonds is 7. The summed E-state index contributed by atoms with van der Waals surface area (Å²) in [6, 6.07) is 4.45. The number of nitrogens with zero attached hydrogens (tertiary/aromatic N) is 3. The molecule has 0 spiro atoms. The van der Waals surface area contributed by atoms with Crippen molar-refractivity contribution in [3.8, 4) is 5.88 Å². The highest BCUT2D eigenvalue weighted by Gasteiger charge is 2.37. The highest BCUT2D eigenvalue weighted by atomic mass is 79.9. The lowest BCUT2D eigenvalue weighted by Gasteiger charge is -2.44. The molecule has 2 heterocycles. The summed E-state index contributed by atoms with van der Waals surface area (Å²) in [5, 5.41) is 2.56. The maximum atomic E-state index is 14.5. The van der Waals surface area contributed by atoms with Crippen LogP contribution >= 0.6 is 15.9 Å². The minimum Gasteiger partial charge on any atom is -0.478 e. The van der Waals surface area contributed by atoms with E-state index in [1.165, 1.54) is 12.1 Å². The van der Waals surface area contributed by atoms with Gasteiger partial charge in [-0.05, 0) is 48.9 Å². The Bertz CT molecular complexity index is 1130. The van der Waals surface area contributed by atoms with Gasteiger partial charge in [-0.25, -0.2) is 9.37 Å². The fraction of sp³-hybridized carbons (Fsp3) is 0.520. The predicted octanol–water partition coefficient (Wildman–Crippen LogP) is 6.50. The van der Waals surface area contributed by atoms with Crippen LogP contribution in [0.1, 0.15) is 29.8 Å². The number of carbonyl (C=O) groups excluding carboxylic acids is 1. The van der Waals surface area contributed by atoms with E-state index in [9.17, 15) is 22.4 Å². The number of amides is 1. The largest absolute Gasteiger partial charge is 0.478 e. The van der Waals surface area contributed by atoms with Crippen molar-refractivity contribution in [2.75, 3.05) is 37.0 Å². The number of nitrogens with one attached hydrogen (secondary N) is 1. The van der Waals surface area contributed by atoms with Crippen LogP contribution < -0.4 is 15.0 Å². The van der Waals surface area contributed by atoms with Gasteiger partial charge in [0.05, 0.1) is 33.6 Å². The Labute approximate surface area is 224 Å². The van der Waals surface area contributed by atoms with Crippen LogP contribution in [0.2, 0.25) is 25.7 Å². The zero-order valence-corrected chi connectivity index (χ0v) is 24.4. The Morgan fingerprint density at radius 2 is 1.81 bits per heavy atom. The fourth-order valence-electron chi connectivity index (χ4n) is 4.08. The second kappa shape index (κ2) is 11.3. The molecule has 0 radical (unpaired) electrons. The lowest BCUT2D eigenvalue weighted by molar-refractivity contribution is -0.138. The Hall–Kier alpha value is -2.18. The summed E-state index contributed by atoms with van der Waals surface area (Å²) in [4.78, 5) is 21.2. The SMILES string of the molecule is C[C@@H]1CN(c2cc(F)c(Br)cc2NC(=O)c2cnc(OCC[Si](C)(C)C)cc2C(F)(F)F)C[C@@H](C)N1C. The van der Waals surface area contributed by atoms with Gasteiger partial charge in [0, 0.05) is 51.6 Å². The van der Waals surface area contributed by atoms with Gasteiger partial charge in [-0.1, -0.05) is 19.6 Å². The molecule has 1 fully saturated rings. The molecule has 0 aliphatic carbocycles. The smallest absolute Gasteiger partial charge is 0.417 e. The number of piperazine rings is 1. The number of likely N-dealkylation sites (N-methyl/N-ethyl adjacent to an activating group) is 1. The average Bonchev–Trinajstić information content (AvgIpc) is 2.78. The molecule has 1 saturated heterocycles. The van der Waals surface area contributed by atoms with Crippen LogP contribution in [0.3, 0.4) is 0 Å². The normalized spacial score (nSPS) is 19.2. The molecular formula is C25H33BrF4N4O2Si. The maximum Gasteiger partial charge on any atom is 0.417 e. The Balaban J connectivity index is 1.92. The molecule has 6 nitrogen and oxygen atoms in total. The highest BCUT2D eigenvalue weighted by Crippen LogP contribution is 2.37. The molecule has 37 heavy (non-hydrogen) atoms. The van der Waals surface area contributed by atoms with Crippen molar-refractivity contribution < 1.29 is 27.1 Å². The van der Waals surface area contributed by atoms with Gasteiger partial charge in [0.25, 0.3) is 5.91 Å². The minimum absolute atomic E-state index is 0.0853. The number of aromatic nitrogens is 1. The van der Waals surface area contributed by atoms with Crippen molar-refractivity contribution >= 4 is 41.3 Å². The standard InChI is InChI=1S/C25H33BrF4N4O2Si/c1-15-13-34(14-16(2)33(15)3)22-11-20(27)19(26)10-21(22)32-24(35)17-12-31-23(9-18(17)25(28,29)30)36-7-8-37(4,5)6/h9-12,15-16H,7-8,13-14H2,1-6H3,(H,32,35)/t15-,16-/m1/s1. The van der Waals surface area contributed by atoms with Gasteiger partial charge in [-0.2, -0.15) is 13.2 Å². The molecule has 2 atom stereocenters. The van der Waals surface area contributed by atoms with Crippen LogP contribution in [-0.2, 0) is 6.18 Å². The number of pyridine rings is 1. The molecule has 0 unspecified atom stereocenters. The molecule has 1 amide bonds. The number of benzene rings is 1. The summed E-state index contributed by atoms with van der Waals surface area (Å²) in [5.41, 5.74) is -1.19. The molecule has 1 aliphatic rings. The van der Waals surface area contributed by atoms with E-state index in [4.69, 9.17) is 4.74 Å². The van der Waals surface area contributed by atoms with Crippen molar-refractivity contribution in [1.82, 2.24) is 9.88 Å². The molecule has 1 aromatic heterocycles. The maximum absolute atomic E-state index is 14.5. The Morgan fingerprint density at radius 3 is 2.38 bits per heavy atom. The summed E-state index contributed by atoms with van der Waals surface area (Å²) in [6.07, 6.45) is -3.93. The van der Waals surface area contributed by atoms with Gasteiger partial charge in [-0.15, -0.1) is 0 Å². The Morgan fingerprint density at radius 1 is 1.19 bits per heavy atom. The number of carbonyl (C=O) groups is 1. The highest BCUT2D eigenvalue weighted by molar-refractivity contribution is 9.10.